The first-order valence-corrected chi connectivity index (χ1v) is 16.1. The van der Waals surface area contributed by atoms with Crippen LogP contribution in [-0.2, 0) is 0 Å². The third-order valence-electron chi connectivity index (χ3n) is 10.0. The zero-order valence-corrected chi connectivity index (χ0v) is 25.3. The van der Waals surface area contributed by atoms with Crippen LogP contribution >= 0.6 is 0 Å². The molecular weight excluding hydrogens is 572 g/mol. The number of para-hydroxylation sites is 3. The van der Waals surface area contributed by atoms with Crippen molar-refractivity contribution < 1.29 is 4.42 Å². The molecular formula is C44H26N2O. The SMILES string of the molecule is c1ccc(-n2c3cccc4ccc5cc(-c6ccc7c(c6)c6ccccc6n7-c6ccc7oc8ccccc8c7c6)cc2c5c43)cc1. The molecule has 0 radical (unpaired) electrons. The molecule has 3 heterocycles. The van der Waals surface area contributed by atoms with Crippen molar-refractivity contribution >= 4 is 76.3 Å². The molecule has 0 aliphatic heterocycles. The molecule has 0 saturated carbocycles. The van der Waals surface area contributed by atoms with Crippen molar-refractivity contribution in [2.45, 2.75) is 0 Å². The third-order valence-corrected chi connectivity index (χ3v) is 10.0. The minimum Gasteiger partial charge on any atom is -0.456 e. The van der Waals surface area contributed by atoms with E-state index < -0.39 is 0 Å². The summed E-state index contributed by atoms with van der Waals surface area (Å²) in [5, 5.41) is 9.95. The van der Waals surface area contributed by atoms with Crippen molar-refractivity contribution in [2.24, 2.45) is 0 Å². The first-order chi connectivity index (χ1) is 23.3. The number of hydrogen-bond acceptors (Lipinski definition) is 1. The first kappa shape index (κ1) is 24.9. The summed E-state index contributed by atoms with van der Waals surface area (Å²) >= 11 is 0. The number of nitrogens with zero attached hydrogens (tertiary/aromatic N) is 2. The third kappa shape index (κ3) is 3.40. The van der Waals surface area contributed by atoms with Crippen LogP contribution in [-0.4, -0.2) is 9.13 Å². The molecule has 3 nitrogen and oxygen atoms in total. The van der Waals surface area contributed by atoms with Crippen LogP contribution < -0.4 is 0 Å². The van der Waals surface area contributed by atoms with Crippen LogP contribution in [0.25, 0.3) is 98.8 Å². The molecule has 3 aromatic heterocycles. The fourth-order valence-corrected chi connectivity index (χ4v) is 8.00. The van der Waals surface area contributed by atoms with E-state index in [-0.39, 0.29) is 0 Å². The molecule has 0 saturated heterocycles. The molecule has 3 heteroatoms. The number of furan rings is 1. The van der Waals surface area contributed by atoms with Gasteiger partial charge in [-0.05, 0) is 94.7 Å². The van der Waals surface area contributed by atoms with Gasteiger partial charge in [-0.2, -0.15) is 0 Å². The Morgan fingerprint density at radius 3 is 2.00 bits per heavy atom. The predicted octanol–water partition coefficient (Wildman–Crippen LogP) is 12.0. The Kier molecular flexibility index (Phi) is 4.84. The van der Waals surface area contributed by atoms with E-state index in [1.54, 1.807) is 0 Å². The van der Waals surface area contributed by atoms with E-state index in [9.17, 15) is 0 Å². The minimum atomic E-state index is 0.909. The summed E-state index contributed by atoms with van der Waals surface area (Å²) < 4.78 is 11.0. The van der Waals surface area contributed by atoms with Crippen LogP contribution in [0.1, 0.15) is 0 Å². The number of hydrogen-bond donors (Lipinski definition) is 0. The van der Waals surface area contributed by atoms with Crippen LogP contribution in [0.15, 0.2) is 162 Å². The van der Waals surface area contributed by atoms with Gasteiger partial charge < -0.3 is 13.6 Å². The first-order valence-electron chi connectivity index (χ1n) is 16.1. The highest BCUT2D eigenvalue weighted by Gasteiger charge is 2.19. The van der Waals surface area contributed by atoms with Gasteiger partial charge >= 0.3 is 0 Å². The van der Waals surface area contributed by atoms with E-state index in [0.29, 0.717) is 0 Å². The summed E-state index contributed by atoms with van der Waals surface area (Å²) in [7, 11) is 0. The van der Waals surface area contributed by atoms with Gasteiger partial charge in [0.15, 0.2) is 0 Å². The molecule has 0 atom stereocenters. The van der Waals surface area contributed by atoms with Crippen LogP contribution in [0.3, 0.4) is 0 Å². The molecule has 0 fully saturated rings. The lowest BCUT2D eigenvalue weighted by Gasteiger charge is -2.11. The van der Waals surface area contributed by atoms with E-state index in [1.165, 1.54) is 71.2 Å². The van der Waals surface area contributed by atoms with Crippen molar-refractivity contribution in [1.82, 2.24) is 9.13 Å². The van der Waals surface area contributed by atoms with Gasteiger partial charge in [-0.15, -0.1) is 0 Å². The van der Waals surface area contributed by atoms with Crippen LogP contribution in [0.2, 0.25) is 0 Å². The Morgan fingerprint density at radius 1 is 0.340 bits per heavy atom. The summed E-state index contributed by atoms with van der Waals surface area (Å²) in [5.74, 6) is 0. The van der Waals surface area contributed by atoms with Crippen molar-refractivity contribution in [2.75, 3.05) is 0 Å². The maximum atomic E-state index is 6.16. The Morgan fingerprint density at radius 2 is 1.06 bits per heavy atom. The molecule has 0 N–H and O–H groups in total. The zero-order chi connectivity index (χ0) is 30.6. The van der Waals surface area contributed by atoms with E-state index in [4.69, 9.17) is 4.42 Å². The van der Waals surface area contributed by atoms with Gasteiger partial charge in [0, 0.05) is 43.7 Å². The fraction of sp³-hybridized carbons (Fsp3) is 0. The van der Waals surface area contributed by atoms with Crippen LogP contribution in [0.4, 0.5) is 0 Å². The molecule has 0 unspecified atom stereocenters. The van der Waals surface area contributed by atoms with Gasteiger partial charge in [0.2, 0.25) is 0 Å². The topological polar surface area (TPSA) is 23.0 Å². The van der Waals surface area contributed by atoms with E-state index in [1.807, 2.05) is 12.1 Å². The van der Waals surface area contributed by atoms with Crippen molar-refractivity contribution in [3.63, 3.8) is 0 Å². The fourth-order valence-electron chi connectivity index (χ4n) is 8.00. The smallest absolute Gasteiger partial charge is 0.135 e. The average molecular weight is 599 g/mol. The second-order valence-electron chi connectivity index (χ2n) is 12.6. The predicted molar refractivity (Wildman–Crippen MR) is 197 cm³/mol. The van der Waals surface area contributed by atoms with Gasteiger partial charge in [-0.3, -0.25) is 0 Å². The maximum absolute atomic E-state index is 6.16. The summed E-state index contributed by atoms with van der Waals surface area (Å²) in [5.41, 5.74) is 11.4. The van der Waals surface area contributed by atoms with Crippen molar-refractivity contribution in [1.29, 1.82) is 0 Å². The molecule has 8 aromatic carbocycles. The zero-order valence-electron chi connectivity index (χ0n) is 25.3. The molecule has 11 rings (SSSR count). The highest BCUT2D eigenvalue weighted by molar-refractivity contribution is 6.25. The van der Waals surface area contributed by atoms with Crippen LogP contribution in [0.5, 0.6) is 0 Å². The summed E-state index contributed by atoms with van der Waals surface area (Å²) in [6.07, 6.45) is 0. The lowest BCUT2D eigenvalue weighted by Crippen LogP contribution is -1.94. The Labute approximate surface area is 269 Å². The monoisotopic (exact) mass is 598 g/mol. The second-order valence-corrected chi connectivity index (χ2v) is 12.6. The van der Waals surface area contributed by atoms with E-state index in [2.05, 4.69) is 155 Å². The highest BCUT2D eigenvalue weighted by atomic mass is 16.3. The maximum Gasteiger partial charge on any atom is 0.135 e. The lowest BCUT2D eigenvalue weighted by molar-refractivity contribution is 0.669. The summed E-state index contributed by atoms with van der Waals surface area (Å²) in [6, 6.07) is 57.2. The van der Waals surface area contributed by atoms with E-state index >= 15 is 0 Å². The highest BCUT2D eigenvalue weighted by Crippen LogP contribution is 2.42. The molecule has 0 aliphatic carbocycles. The number of fused-ring (bicyclic) bond motifs is 6. The molecule has 218 valence electrons. The van der Waals surface area contributed by atoms with Crippen molar-refractivity contribution in [3.8, 4) is 22.5 Å². The van der Waals surface area contributed by atoms with Gasteiger partial charge in [0.25, 0.3) is 0 Å². The summed E-state index contributed by atoms with van der Waals surface area (Å²) in [4.78, 5) is 0. The van der Waals surface area contributed by atoms with Gasteiger partial charge in [-0.25, -0.2) is 0 Å². The molecule has 0 bridgehead atoms. The standard InChI is InChI=1S/C44H26N2O/c1-2-10-31(11-3-1)45-39-15-8-9-27-17-18-29-23-30(25-40(45)44(29)43(27)39)28-19-21-38-35(24-28)33-12-4-6-14-37(33)46(38)32-20-22-42-36(26-32)34-13-5-7-16-41(34)47-42/h1-26H. The molecule has 0 aliphatic rings. The molecule has 0 spiro atoms. The van der Waals surface area contributed by atoms with Gasteiger partial charge in [0.05, 0.1) is 22.1 Å². The Bertz CT molecular complexity index is 3010. The largest absolute Gasteiger partial charge is 0.456 e. The van der Waals surface area contributed by atoms with Crippen molar-refractivity contribution in [3.05, 3.63) is 158 Å². The lowest BCUT2D eigenvalue weighted by atomic mass is 9.96. The van der Waals surface area contributed by atoms with E-state index in [0.717, 1.165) is 27.6 Å². The quantitative estimate of drug-likeness (QED) is 0.186. The second kappa shape index (κ2) is 9.12. The average Bonchev–Trinajstić information content (AvgIpc) is 3.78. The minimum absolute atomic E-state index is 0.909. The van der Waals surface area contributed by atoms with Crippen LogP contribution in [0, 0.1) is 0 Å². The molecule has 47 heavy (non-hydrogen) atoms. The summed E-state index contributed by atoms with van der Waals surface area (Å²) in [6.45, 7) is 0. The Balaban J connectivity index is 1.16. The number of benzene rings is 8. The number of aromatic nitrogens is 2. The number of rotatable bonds is 3. The molecule has 11 aromatic rings. The normalized spacial score (nSPS) is 12.3. The molecule has 0 amide bonds. The van der Waals surface area contributed by atoms with Gasteiger partial charge in [-0.1, -0.05) is 84.9 Å². The van der Waals surface area contributed by atoms with Gasteiger partial charge in [0.1, 0.15) is 11.2 Å². The Hall–Kier alpha value is -6.32.